The zero-order valence-electron chi connectivity index (χ0n) is 9.33. The molecule has 0 N–H and O–H groups in total. The van der Waals surface area contributed by atoms with Crippen LogP contribution in [0.3, 0.4) is 0 Å². The molecule has 1 aliphatic rings. The summed E-state index contributed by atoms with van der Waals surface area (Å²) in [5.74, 6) is 0.958. The van der Waals surface area contributed by atoms with Crippen molar-refractivity contribution in [2.45, 2.75) is 25.2 Å². The smallest absolute Gasteiger partial charge is 0.158 e. The van der Waals surface area contributed by atoms with Crippen LogP contribution in [0, 0.1) is 6.92 Å². The van der Waals surface area contributed by atoms with Crippen LogP contribution in [0.4, 0.5) is 0 Å². The molecule has 0 saturated carbocycles. The predicted octanol–water partition coefficient (Wildman–Crippen LogP) is 3.30. The van der Waals surface area contributed by atoms with Crippen molar-refractivity contribution in [3.05, 3.63) is 23.5 Å². The number of nitrogens with zero attached hydrogens (tertiary/aromatic N) is 1. The molecular formula is C12H15NOS. The fourth-order valence-electron chi connectivity index (χ4n) is 1.72. The lowest BCUT2D eigenvalue weighted by Crippen LogP contribution is -2.00. The fourth-order valence-corrected chi connectivity index (χ4v) is 2.35. The zero-order valence-corrected chi connectivity index (χ0v) is 10.1. The van der Waals surface area contributed by atoms with E-state index in [1.165, 1.54) is 10.5 Å². The number of rotatable bonds is 1. The molecule has 80 valence electrons. The van der Waals surface area contributed by atoms with E-state index in [1.54, 1.807) is 11.8 Å². The van der Waals surface area contributed by atoms with E-state index in [9.17, 15) is 0 Å². The van der Waals surface area contributed by atoms with Crippen LogP contribution in [0.5, 0.6) is 5.75 Å². The Bertz CT molecular complexity index is 412. The molecule has 2 rings (SSSR count). The third-order valence-corrected chi connectivity index (χ3v) is 3.22. The summed E-state index contributed by atoms with van der Waals surface area (Å²) in [6.07, 6.45) is 5.24. The molecule has 0 radical (unpaired) electrons. The second-order valence-electron chi connectivity index (χ2n) is 3.67. The van der Waals surface area contributed by atoms with Crippen LogP contribution in [-0.2, 0) is 0 Å². The van der Waals surface area contributed by atoms with Gasteiger partial charge in [0.2, 0.25) is 0 Å². The normalized spacial score (nSPS) is 15.0. The van der Waals surface area contributed by atoms with Crippen LogP contribution in [0.25, 0.3) is 5.57 Å². The zero-order chi connectivity index (χ0) is 10.8. The van der Waals surface area contributed by atoms with E-state index in [2.05, 4.69) is 30.3 Å². The summed E-state index contributed by atoms with van der Waals surface area (Å²) in [6, 6.07) is 2.09. The summed E-state index contributed by atoms with van der Waals surface area (Å²) in [7, 11) is 0. The van der Waals surface area contributed by atoms with Gasteiger partial charge in [-0.25, -0.2) is 4.98 Å². The largest absolute Gasteiger partial charge is 0.490 e. The number of allylic oxidation sites excluding steroid dienone is 1. The second-order valence-corrected chi connectivity index (χ2v) is 4.52. The van der Waals surface area contributed by atoms with E-state index in [1.807, 2.05) is 6.92 Å². The van der Waals surface area contributed by atoms with Crippen molar-refractivity contribution in [1.82, 2.24) is 4.98 Å². The van der Waals surface area contributed by atoms with Gasteiger partial charge in [0.1, 0.15) is 5.69 Å². The molecule has 1 aliphatic heterocycles. The molecule has 0 amide bonds. The Morgan fingerprint density at radius 1 is 1.40 bits per heavy atom. The molecule has 2 nitrogen and oxygen atoms in total. The molecular weight excluding hydrogens is 206 g/mol. The summed E-state index contributed by atoms with van der Waals surface area (Å²) in [4.78, 5) is 5.74. The van der Waals surface area contributed by atoms with Crippen molar-refractivity contribution in [2.24, 2.45) is 0 Å². The van der Waals surface area contributed by atoms with Crippen LogP contribution in [-0.4, -0.2) is 17.8 Å². The standard InChI is InChI=1S/C12H15NOS/c1-8-5-4-6-14-12-10(15-3)7-9(2)13-11(8)12/h5,7H,4,6H2,1-3H3. The van der Waals surface area contributed by atoms with Gasteiger partial charge in [0, 0.05) is 12.1 Å². The van der Waals surface area contributed by atoms with Crippen molar-refractivity contribution in [2.75, 3.05) is 12.9 Å². The Morgan fingerprint density at radius 2 is 2.20 bits per heavy atom. The first-order valence-electron chi connectivity index (χ1n) is 5.08. The van der Waals surface area contributed by atoms with Gasteiger partial charge in [-0.15, -0.1) is 11.8 Å². The highest BCUT2D eigenvalue weighted by Crippen LogP contribution is 2.36. The van der Waals surface area contributed by atoms with E-state index >= 15 is 0 Å². The van der Waals surface area contributed by atoms with Crippen LogP contribution in [0.15, 0.2) is 17.0 Å². The van der Waals surface area contributed by atoms with Gasteiger partial charge in [-0.2, -0.15) is 0 Å². The first kappa shape index (κ1) is 10.6. The molecule has 0 atom stereocenters. The van der Waals surface area contributed by atoms with Gasteiger partial charge in [-0.05, 0) is 31.7 Å². The van der Waals surface area contributed by atoms with Crippen molar-refractivity contribution < 1.29 is 4.74 Å². The lowest BCUT2D eigenvalue weighted by atomic mass is 10.1. The predicted molar refractivity (Wildman–Crippen MR) is 64.5 cm³/mol. The number of aryl methyl sites for hydroxylation is 1. The summed E-state index contributed by atoms with van der Waals surface area (Å²) in [5.41, 5.74) is 3.29. The Kier molecular flexibility index (Phi) is 3.00. The SMILES string of the molecule is CSc1cc(C)nc2c1OCCC=C2C. The molecule has 0 saturated heterocycles. The number of ether oxygens (including phenoxy) is 1. The van der Waals surface area contributed by atoms with Gasteiger partial charge < -0.3 is 4.74 Å². The van der Waals surface area contributed by atoms with E-state index < -0.39 is 0 Å². The van der Waals surface area contributed by atoms with E-state index in [4.69, 9.17) is 4.74 Å². The van der Waals surface area contributed by atoms with Gasteiger partial charge in [-0.1, -0.05) is 6.08 Å². The number of pyridine rings is 1. The minimum atomic E-state index is 0.753. The number of aromatic nitrogens is 1. The number of hydrogen-bond donors (Lipinski definition) is 0. The molecule has 0 bridgehead atoms. The molecule has 15 heavy (non-hydrogen) atoms. The molecule has 1 aromatic heterocycles. The number of hydrogen-bond acceptors (Lipinski definition) is 3. The minimum absolute atomic E-state index is 0.753. The van der Waals surface area contributed by atoms with Crippen molar-refractivity contribution in [1.29, 1.82) is 0 Å². The molecule has 0 aliphatic carbocycles. The topological polar surface area (TPSA) is 22.1 Å². The van der Waals surface area contributed by atoms with Gasteiger partial charge in [0.15, 0.2) is 5.75 Å². The van der Waals surface area contributed by atoms with Gasteiger partial charge in [0.25, 0.3) is 0 Å². The third-order valence-electron chi connectivity index (χ3n) is 2.48. The van der Waals surface area contributed by atoms with E-state index in [0.29, 0.717) is 0 Å². The highest BCUT2D eigenvalue weighted by atomic mass is 32.2. The molecule has 3 heteroatoms. The molecule has 2 heterocycles. The molecule has 0 fully saturated rings. The summed E-state index contributed by atoms with van der Waals surface area (Å²) in [5, 5.41) is 0. The number of fused-ring (bicyclic) bond motifs is 1. The third kappa shape index (κ3) is 2.02. The average molecular weight is 221 g/mol. The van der Waals surface area contributed by atoms with Gasteiger partial charge in [-0.3, -0.25) is 0 Å². The van der Waals surface area contributed by atoms with Crippen molar-refractivity contribution in [3.8, 4) is 5.75 Å². The Labute approximate surface area is 94.7 Å². The van der Waals surface area contributed by atoms with Gasteiger partial charge in [0.05, 0.1) is 11.5 Å². The fraction of sp³-hybridized carbons (Fsp3) is 0.417. The maximum absolute atomic E-state index is 5.76. The minimum Gasteiger partial charge on any atom is -0.490 e. The van der Waals surface area contributed by atoms with Crippen molar-refractivity contribution in [3.63, 3.8) is 0 Å². The second kappa shape index (κ2) is 4.27. The lowest BCUT2D eigenvalue weighted by Gasteiger charge is -2.12. The van der Waals surface area contributed by atoms with Crippen LogP contribution < -0.4 is 4.74 Å². The van der Waals surface area contributed by atoms with E-state index in [-0.39, 0.29) is 0 Å². The summed E-state index contributed by atoms with van der Waals surface area (Å²) < 4.78 is 5.76. The van der Waals surface area contributed by atoms with Crippen molar-refractivity contribution >= 4 is 17.3 Å². The molecule has 0 spiro atoms. The Hall–Kier alpha value is -0.960. The van der Waals surface area contributed by atoms with Gasteiger partial charge >= 0.3 is 0 Å². The lowest BCUT2D eigenvalue weighted by molar-refractivity contribution is 0.317. The van der Waals surface area contributed by atoms with E-state index in [0.717, 1.165) is 30.2 Å². The van der Waals surface area contributed by atoms with Crippen LogP contribution in [0.2, 0.25) is 0 Å². The molecule has 0 aromatic carbocycles. The highest BCUT2D eigenvalue weighted by Gasteiger charge is 2.15. The maximum atomic E-state index is 5.76. The first-order valence-corrected chi connectivity index (χ1v) is 6.30. The summed E-state index contributed by atoms with van der Waals surface area (Å²) >= 11 is 1.72. The summed E-state index contributed by atoms with van der Waals surface area (Å²) in [6.45, 7) is 4.88. The number of thioether (sulfide) groups is 1. The van der Waals surface area contributed by atoms with Crippen LogP contribution in [0.1, 0.15) is 24.7 Å². The Morgan fingerprint density at radius 3 is 2.93 bits per heavy atom. The van der Waals surface area contributed by atoms with Crippen LogP contribution >= 0.6 is 11.8 Å². The Balaban J connectivity index is 2.61. The first-order chi connectivity index (χ1) is 7.22. The monoisotopic (exact) mass is 221 g/mol. The average Bonchev–Trinajstić information content (AvgIpc) is 2.40. The quantitative estimate of drug-likeness (QED) is 0.679. The maximum Gasteiger partial charge on any atom is 0.158 e. The molecule has 0 unspecified atom stereocenters. The highest BCUT2D eigenvalue weighted by molar-refractivity contribution is 7.98. The molecule has 1 aromatic rings.